The number of fused-ring (bicyclic) bond motifs is 1. The van der Waals surface area contributed by atoms with Gasteiger partial charge in [-0.05, 0) is 34.7 Å². The van der Waals surface area contributed by atoms with Gasteiger partial charge in [-0.15, -0.1) is 0 Å². The van der Waals surface area contributed by atoms with E-state index in [0.717, 1.165) is 22.1 Å². The molecule has 0 aliphatic rings. The van der Waals surface area contributed by atoms with Crippen LogP contribution in [-0.4, -0.2) is 18.5 Å². The molecule has 3 heteroatoms. The zero-order chi connectivity index (χ0) is 15.1. The Morgan fingerprint density at radius 1 is 1.10 bits per heavy atom. The summed E-state index contributed by atoms with van der Waals surface area (Å²) in [6.45, 7) is 5.95. The first-order chi connectivity index (χ1) is 9.65. The highest BCUT2D eigenvalue weighted by molar-refractivity contribution is 8.13. The molecular formula is C17H22O2S. The molecule has 0 amide bonds. The van der Waals surface area contributed by atoms with E-state index in [4.69, 9.17) is 4.74 Å². The van der Waals surface area contributed by atoms with Crippen molar-refractivity contribution in [2.45, 2.75) is 26.7 Å². The molecule has 0 fully saturated rings. The molecule has 0 bridgehead atoms. The van der Waals surface area contributed by atoms with Crippen LogP contribution in [0, 0.1) is 0 Å². The predicted octanol–water partition coefficient (Wildman–Crippen LogP) is 4.87. The first-order valence-electron chi connectivity index (χ1n) is 6.81. The largest absolute Gasteiger partial charge is 0.497 e. The summed E-state index contributed by atoms with van der Waals surface area (Å²) in [6, 6.07) is 12.1. The van der Waals surface area contributed by atoms with Crippen molar-refractivity contribution in [3.8, 4) is 5.75 Å². The summed E-state index contributed by atoms with van der Waals surface area (Å²) in [5.74, 6) is 0.787. The molecule has 108 valence electrons. The van der Waals surface area contributed by atoms with Crippen LogP contribution in [0.1, 0.15) is 32.3 Å². The summed E-state index contributed by atoms with van der Waals surface area (Å²) in [4.78, 5) is 11.7. The third kappa shape index (κ3) is 3.76. The highest BCUT2D eigenvalue weighted by Gasteiger charge is 2.14. The van der Waals surface area contributed by atoms with Crippen LogP contribution in [0.5, 0.6) is 5.75 Å². The van der Waals surface area contributed by atoms with E-state index in [1.165, 1.54) is 11.8 Å². The van der Waals surface area contributed by atoms with Crippen molar-refractivity contribution in [3.63, 3.8) is 0 Å². The number of ether oxygens (including phenoxy) is 1. The van der Waals surface area contributed by atoms with Gasteiger partial charge in [-0.2, -0.15) is 0 Å². The molecule has 0 N–H and O–H groups in total. The van der Waals surface area contributed by atoms with E-state index in [9.17, 15) is 4.79 Å². The molecule has 2 rings (SSSR count). The molecular weight excluding hydrogens is 268 g/mol. The number of benzene rings is 2. The number of hydrogen-bond acceptors (Lipinski definition) is 3. The molecule has 0 spiro atoms. The van der Waals surface area contributed by atoms with Gasteiger partial charge in [-0.25, -0.2) is 0 Å². The van der Waals surface area contributed by atoms with Crippen molar-refractivity contribution in [2.24, 2.45) is 0 Å². The van der Waals surface area contributed by atoms with Crippen molar-refractivity contribution >= 4 is 27.6 Å². The van der Waals surface area contributed by atoms with Gasteiger partial charge in [0.2, 0.25) is 0 Å². The van der Waals surface area contributed by atoms with Gasteiger partial charge >= 0.3 is 0 Å². The molecule has 0 aliphatic carbocycles. The summed E-state index contributed by atoms with van der Waals surface area (Å²) >= 11 is 1.28. The van der Waals surface area contributed by atoms with Crippen molar-refractivity contribution in [1.29, 1.82) is 0 Å². The fraction of sp³-hybridized carbons (Fsp3) is 0.353. The number of carbonyl (C=O) groups is 1. The SMILES string of the molecule is CC.COc1ccc2cc(C(C)C(=O)SC)ccc2c1. The minimum atomic E-state index is -0.0634. The van der Waals surface area contributed by atoms with Crippen LogP contribution in [0.15, 0.2) is 36.4 Å². The van der Waals surface area contributed by atoms with Gasteiger partial charge in [0.05, 0.1) is 13.0 Å². The first kappa shape index (κ1) is 16.6. The average molecular weight is 290 g/mol. The lowest BCUT2D eigenvalue weighted by Gasteiger charge is -2.10. The summed E-state index contributed by atoms with van der Waals surface area (Å²) in [5, 5.41) is 2.46. The van der Waals surface area contributed by atoms with Crippen molar-refractivity contribution in [1.82, 2.24) is 0 Å². The molecule has 1 unspecified atom stereocenters. The molecule has 0 aliphatic heterocycles. The fourth-order valence-corrected chi connectivity index (χ4v) is 2.44. The standard InChI is InChI=1S/C15H16O2S.C2H6/c1-10(15(16)18-3)11-4-5-13-9-14(17-2)7-6-12(13)8-11;1-2/h4-10H,1-3H3;1-2H3. The second-order valence-corrected chi connectivity index (χ2v) is 5.03. The third-order valence-corrected chi connectivity index (χ3v) is 3.88. The van der Waals surface area contributed by atoms with E-state index in [1.807, 2.05) is 57.4 Å². The second-order valence-electron chi connectivity index (χ2n) is 4.22. The summed E-state index contributed by atoms with van der Waals surface area (Å²) in [6.07, 6.45) is 1.82. The van der Waals surface area contributed by atoms with Crippen LogP contribution in [0.25, 0.3) is 10.8 Å². The lowest BCUT2D eigenvalue weighted by Crippen LogP contribution is -2.03. The maximum atomic E-state index is 11.7. The molecule has 0 saturated heterocycles. The van der Waals surface area contributed by atoms with Crippen molar-refractivity contribution in [2.75, 3.05) is 13.4 Å². The van der Waals surface area contributed by atoms with Gasteiger partial charge < -0.3 is 4.74 Å². The van der Waals surface area contributed by atoms with Crippen LogP contribution in [0.3, 0.4) is 0 Å². The Morgan fingerprint density at radius 3 is 2.30 bits per heavy atom. The maximum absolute atomic E-state index is 11.7. The predicted molar refractivity (Wildman–Crippen MR) is 88.8 cm³/mol. The monoisotopic (exact) mass is 290 g/mol. The zero-order valence-electron chi connectivity index (χ0n) is 12.8. The Bertz CT molecular complexity index is 578. The second kappa shape index (κ2) is 7.95. The normalized spacial score (nSPS) is 11.4. The van der Waals surface area contributed by atoms with Crippen LogP contribution >= 0.6 is 11.8 Å². The molecule has 0 radical (unpaired) electrons. The van der Waals surface area contributed by atoms with Crippen LogP contribution in [0.2, 0.25) is 0 Å². The Kier molecular flexibility index (Phi) is 6.59. The van der Waals surface area contributed by atoms with Gasteiger partial charge in [0, 0.05) is 0 Å². The van der Waals surface area contributed by atoms with E-state index in [-0.39, 0.29) is 11.0 Å². The van der Waals surface area contributed by atoms with Gasteiger partial charge in [-0.1, -0.05) is 56.8 Å². The molecule has 0 saturated carbocycles. The minimum Gasteiger partial charge on any atom is -0.497 e. The zero-order valence-corrected chi connectivity index (χ0v) is 13.6. The lowest BCUT2D eigenvalue weighted by molar-refractivity contribution is -0.111. The van der Waals surface area contributed by atoms with Gasteiger partial charge in [0.1, 0.15) is 5.75 Å². The number of methoxy groups -OCH3 is 1. The Balaban J connectivity index is 0.000000956. The fourth-order valence-electron chi connectivity index (χ4n) is 1.95. The van der Waals surface area contributed by atoms with E-state index in [2.05, 4.69) is 6.07 Å². The number of hydrogen-bond donors (Lipinski definition) is 0. The maximum Gasteiger partial charge on any atom is 0.195 e. The molecule has 1 atom stereocenters. The highest BCUT2D eigenvalue weighted by Crippen LogP contribution is 2.27. The molecule has 2 nitrogen and oxygen atoms in total. The Morgan fingerprint density at radius 2 is 1.70 bits per heavy atom. The van der Waals surface area contributed by atoms with Crippen LogP contribution in [0.4, 0.5) is 0 Å². The quantitative estimate of drug-likeness (QED) is 0.807. The summed E-state index contributed by atoms with van der Waals surface area (Å²) in [7, 11) is 1.66. The topological polar surface area (TPSA) is 26.3 Å². The summed E-state index contributed by atoms with van der Waals surface area (Å²) in [5.41, 5.74) is 1.06. The Hall–Kier alpha value is -1.48. The first-order valence-corrected chi connectivity index (χ1v) is 8.03. The third-order valence-electron chi connectivity index (χ3n) is 3.13. The van der Waals surface area contributed by atoms with Crippen LogP contribution in [-0.2, 0) is 4.79 Å². The van der Waals surface area contributed by atoms with E-state index in [1.54, 1.807) is 7.11 Å². The average Bonchev–Trinajstić information content (AvgIpc) is 2.54. The molecule has 0 heterocycles. The van der Waals surface area contributed by atoms with Crippen molar-refractivity contribution in [3.05, 3.63) is 42.0 Å². The van der Waals surface area contributed by atoms with Crippen LogP contribution < -0.4 is 4.74 Å². The lowest BCUT2D eigenvalue weighted by atomic mass is 9.99. The highest BCUT2D eigenvalue weighted by atomic mass is 32.2. The minimum absolute atomic E-state index is 0.0634. The molecule has 2 aromatic carbocycles. The number of carbonyl (C=O) groups excluding carboxylic acids is 1. The van der Waals surface area contributed by atoms with Gasteiger partial charge in [-0.3, -0.25) is 4.79 Å². The van der Waals surface area contributed by atoms with E-state index >= 15 is 0 Å². The Labute approximate surface area is 125 Å². The smallest absolute Gasteiger partial charge is 0.195 e. The summed E-state index contributed by atoms with van der Waals surface area (Å²) < 4.78 is 5.20. The number of rotatable bonds is 3. The van der Waals surface area contributed by atoms with E-state index < -0.39 is 0 Å². The number of thioether (sulfide) groups is 1. The van der Waals surface area contributed by atoms with Gasteiger partial charge in [0.15, 0.2) is 5.12 Å². The van der Waals surface area contributed by atoms with E-state index in [0.29, 0.717) is 0 Å². The molecule has 20 heavy (non-hydrogen) atoms. The van der Waals surface area contributed by atoms with Gasteiger partial charge in [0.25, 0.3) is 0 Å². The molecule has 0 aromatic heterocycles. The van der Waals surface area contributed by atoms with Crippen molar-refractivity contribution < 1.29 is 9.53 Å². The molecule has 2 aromatic rings.